The van der Waals surface area contributed by atoms with E-state index in [-0.39, 0.29) is 20.2 Å². The van der Waals surface area contributed by atoms with E-state index in [1.54, 1.807) is 16.7 Å². The molecule has 0 aliphatic carbocycles. The molecule has 0 unspecified atom stereocenters. The van der Waals surface area contributed by atoms with Crippen molar-refractivity contribution in [3.05, 3.63) is 63.7 Å². The molecule has 0 atom stereocenters. The molecule has 1 aromatic heterocycles. The van der Waals surface area contributed by atoms with Crippen LogP contribution in [0.4, 0.5) is 10.1 Å². The summed E-state index contributed by atoms with van der Waals surface area (Å²) in [5.41, 5.74) is 0.244. The number of pyridine rings is 1. The number of benzene rings is 2. The fourth-order valence-electron chi connectivity index (χ4n) is 4.04. The molecule has 0 spiro atoms. The maximum Gasteiger partial charge on any atom is 0.211 e. The molecule has 4 rings (SSSR count). The highest BCUT2D eigenvalue weighted by Gasteiger charge is 2.26. The Kier molecular flexibility index (Phi) is 6.29. The molecule has 170 valence electrons. The molecule has 0 radical (unpaired) electrons. The van der Waals surface area contributed by atoms with Gasteiger partial charge in [-0.15, -0.1) is 0 Å². The molecule has 9 heteroatoms. The first-order valence-electron chi connectivity index (χ1n) is 10.5. The van der Waals surface area contributed by atoms with E-state index in [2.05, 4.69) is 4.90 Å². The van der Waals surface area contributed by atoms with Crippen molar-refractivity contribution in [3.63, 3.8) is 0 Å². The van der Waals surface area contributed by atoms with Crippen molar-refractivity contribution in [1.29, 1.82) is 0 Å². The molecule has 3 aromatic rings. The van der Waals surface area contributed by atoms with Crippen molar-refractivity contribution in [2.24, 2.45) is 0 Å². The highest BCUT2D eigenvalue weighted by Crippen LogP contribution is 2.28. The van der Waals surface area contributed by atoms with Crippen LogP contribution >= 0.6 is 11.6 Å². The van der Waals surface area contributed by atoms with E-state index in [1.165, 1.54) is 30.5 Å². The maximum absolute atomic E-state index is 15.1. The van der Waals surface area contributed by atoms with Gasteiger partial charge in [0.2, 0.25) is 15.3 Å². The molecule has 32 heavy (non-hydrogen) atoms. The summed E-state index contributed by atoms with van der Waals surface area (Å²) in [5, 5.41) is 0.306. The maximum atomic E-state index is 15.1. The molecule has 1 fully saturated rings. The van der Waals surface area contributed by atoms with Gasteiger partial charge in [-0.3, -0.25) is 4.79 Å². The molecule has 1 aliphatic heterocycles. The molecule has 2 heterocycles. The SMILES string of the molecule is CCCn1cc(S(=O)(=O)c2cccc(Cl)c2)c(=O)c2cc(F)c(N3CCN(C)CC3)cc21. The Balaban J connectivity index is 1.92. The summed E-state index contributed by atoms with van der Waals surface area (Å²) in [6.45, 7) is 5.44. The molecule has 6 nitrogen and oxygen atoms in total. The number of hydrogen-bond acceptors (Lipinski definition) is 5. The molecule has 2 aromatic carbocycles. The van der Waals surface area contributed by atoms with Gasteiger partial charge in [0.25, 0.3) is 0 Å². The zero-order valence-electron chi connectivity index (χ0n) is 18.0. The number of rotatable bonds is 5. The van der Waals surface area contributed by atoms with Crippen molar-refractivity contribution < 1.29 is 12.8 Å². The van der Waals surface area contributed by atoms with E-state index in [0.717, 1.165) is 19.5 Å². The minimum absolute atomic E-state index is 0.0527. The van der Waals surface area contributed by atoms with E-state index in [4.69, 9.17) is 11.6 Å². The Labute approximate surface area is 191 Å². The van der Waals surface area contributed by atoms with Gasteiger partial charge in [0.1, 0.15) is 10.7 Å². The van der Waals surface area contributed by atoms with Crippen LogP contribution in [0.15, 0.2) is 57.2 Å². The van der Waals surface area contributed by atoms with Crippen molar-refractivity contribution in [2.45, 2.75) is 29.7 Å². The third-order valence-corrected chi connectivity index (χ3v) is 7.80. The quantitative estimate of drug-likeness (QED) is 0.559. The van der Waals surface area contributed by atoms with Crippen molar-refractivity contribution in [3.8, 4) is 0 Å². The van der Waals surface area contributed by atoms with Crippen LogP contribution in [0.2, 0.25) is 5.02 Å². The first kappa shape index (κ1) is 22.8. The number of fused-ring (bicyclic) bond motifs is 1. The predicted molar refractivity (Wildman–Crippen MR) is 125 cm³/mol. The molecule has 1 saturated heterocycles. The molecule has 0 amide bonds. The van der Waals surface area contributed by atoms with Gasteiger partial charge < -0.3 is 14.4 Å². The lowest BCUT2D eigenvalue weighted by molar-refractivity contribution is 0.312. The summed E-state index contributed by atoms with van der Waals surface area (Å²) in [4.78, 5) is 16.9. The van der Waals surface area contributed by atoms with Crippen molar-refractivity contribution >= 4 is 38.0 Å². The normalized spacial score (nSPS) is 15.4. The Hall–Kier alpha value is -2.42. The average molecular weight is 478 g/mol. The summed E-state index contributed by atoms with van der Waals surface area (Å²) < 4.78 is 43.4. The van der Waals surface area contributed by atoms with Crippen molar-refractivity contribution in [2.75, 3.05) is 38.1 Å². The lowest BCUT2D eigenvalue weighted by Gasteiger charge is -2.34. The van der Waals surface area contributed by atoms with Crippen LogP contribution in [-0.2, 0) is 16.4 Å². The van der Waals surface area contributed by atoms with Crippen molar-refractivity contribution in [1.82, 2.24) is 9.47 Å². The summed E-state index contributed by atoms with van der Waals surface area (Å²) in [5.74, 6) is -0.528. The number of aryl methyl sites for hydroxylation is 1. The lowest BCUT2D eigenvalue weighted by atomic mass is 10.1. The number of likely N-dealkylation sites (N-methyl/N-ethyl adjacent to an activating group) is 1. The Morgan fingerprint density at radius 3 is 2.47 bits per heavy atom. The molecular weight excluding hydrogens is 453 g/mol. The van der Waals surface area contributed by atoms with Crippen LogP contribution in [0.5, 0.6) is 0 Å². The summed E-state index contributed by atoms with van der Waals surface area (Å²) in [6.07, 6.45) is 2.09. The smallest absolute Gasteiger partial charge is 0.211 e. The van der Waals surface area contributed by atoms with E-state index in [0.29, 0.717) is 30.8 Å². The van der Waals surface area contributed by atoms with Crippen LogP contribution < -0.4 is 10.3 Å². The standard InChI is InChI=1S/C23H25ClFN3O3S/c1-3-7-28-15-22(32(30,31)17-6-4-5-16(24)12-17)23(29)18-13-19(25)21(14-20(18)28)27-10-8-26(2)9-11-27/h4-6,12-15H,3,7-11H2,1-2H3. The second-order valence-corrected chi connectivity index (χ2v) is 10.4. The Morgan fingerprint density at radius 2 is 1.81 bits per heavy atom. The summed E-state index contributed by atoms with van der Waals surface area (Å²) in [6, 6.07) is 8.62. The topological polar surface area (TPSA) is 62.6 Å². The van der Waals surface area contributed by atoms with Gasteiger partial charge in [0, 0.05) is 43.9 Å². The minimum Gasteiger partial charge on any atom is -0.367 e. The number of aromatic nitrogens is 1. The van der Waals surface area contributed by atoms with Gasteiger partial charge in [-0.1, -0.05) is 24.6 Å². The van der Waals surface area contributed by atoms with Crippen LogP contribution in [0, 0.1) is 5.82 Å². The van der Waals surface area contributed by atoms with Gasteiger partial charge in [0.05, 0.1) is 21.5 Å². The predicted octanol–water partition coefficient (Wildman–Crippen LogP) is 3.79. The summed E-state index contributed by atoms with van der Waals surface area (Å²) >= 11 is 5.97. The lowest BCUT2D eigenvalue weighted by Crippen LogP contribution is -2.44. The zero-order valence-corrected chi connectivity index (χ0v) is 19.6. The number of anilines is 1. The zero-order chi connectivity index (χ0) is 23.0. The van der Waals surface area contributed by atoms with Gasteiger partial charge in [-0.05, 0) is 43.8 Å². The van der Waals surface area contributed by atoms with E-state index >= 15 is 4.39 Å². The van der Waals surface area contributed by atoms with E-state index < -0.39 is 21.1 Å². The molecule has 0 bridgehead atoms. The number of halogens is 2. The van der Waals surface area contributed by atoms with E-state index in [9.17, 15) is 13.2 Å². The minimum atomic E-state index is -4.13. The molecule has 0 N–H and O–H groups in total. The van der Waals surface area contributed by atoms with Crippen LogP contribution in [0.1, 0.15) is 13.3 Å². The largest absolute Gasteiger partial charge is 0.367 e. The molecule has 1 aliphatic rings. The highest BCUT2D eigenvalue weighted by atomic mass is 35.5. The Bertz CT molecular complexity index is 1330. The fraction of sp³-hybridized carbons (Fsp3) is 0.348. The van der Waals surface area contributed by atoms with Crippen LogP contribution in [-0.4, -0.2) is 51.1 Å². The van der Waals surface area contributed by atoms with Crippen LogP contribution in [0.25, 0.3) is 10.9 Å². The first-order chi connectivity index (χ1) is 15.2. The number of piperazine rings is 1. The second kappa shape index (κ2) is 8.84. The van der Waals surface area contributed by atoms with E-state index in [1.807, 2.05) is 18.9 Å². The third-order valence-electron chi connectivity index (χ3n) is 5.82. The third kappa shape index (κ3) is 4.14. The highest BCUT2D eigenvalue weighted by molar-refractivity contribution is 7.91. The fourth-order valence-corrected chi connectivity index (χ4v) is 5.71. The average Bonchev–Trinajstić information content (AvgIpc) is 2.76. The van der Waals surface area contributed by atoms with Gasteiger partial charge in [-0.25, -0.2) is 12.8 Å². The van der Waals surface area contributed by atoms with Gasteiger partial charge >= 0.3 is 0 Å². The monoisotopic (exact) mass is 477 g/mol. The van der Waals surface area contributed by atoms with Crippen LogP contribution in [0.3, 0.4) is 0 Å². The summed E-state index contributed by atoms with van der Waals surface area (Å²) in [7, 11) is -2.11. The number of nitrogens with zero attached hydrogens (tertiary/aromatic N) is 3. The second-order valence-electron chi connectivity index (χ2n) is 8.09. The Morgan fingerprint density at radius 1 is 1.09 bits per heavy atom. The molecule has 0 saturated carbocycles. The first-order valence-corrected chi connectivity index (χ1v) is 12.4. The molecular formula is C23H25ClFN3O3S. The number of hydrogen-bond donors (Lipinski definition) is 0. The number of sulfone groups is 1. The van der Waals surface area contributed by atoms with Gasteiger partial charge in [-0.2, -0.15) is 0 Å². The van der Waals surface area contributed by atoms with Gasteiger partial charge in [0.15, 0.2) is 0 Å².